The van der Waals surface area contributed by atoms with Gasteiger partial charge in [-0.05, 0) is 42.3 Å². The van der Waals surface area contributed by atoms with Crippen LogP contribution in [-0.4, -0.2) is 38.8 Å². The highest BCUT2D eigenvalue weighted by molar-refractivity contribution is 5.95. The Bertz CT molecular complexity index is 777. The standard InChI is InChI=1S/C19H22N4O3/c1-26-17-7-5-14(6-8-17)9-10-20-18(24)22-15-3-2-4-16(13-15)23-12-11-21-19(23)25/h2-8,13H,9-12H2,1H3,(H,21,25)(H2,20,22,24). The van der Waals surface area contributed by atoms with E-state index in [9.17, 15) is 9.59 Å². The van der Waals surface area contributed by atoms with Crippen LogP contribution in [0.2, 0.25) is 0 Å². The molecule has 1 saturated heterocycles. The average molecular weight is 354 g/mol. The van der Waals surface area contributed by atoms with Gasteiger partial charge in [-0.2, -0.15) is 0 Å². The lowest BCUT2D eigenvalue weighted by atomic mass is 10.1. The van der Waals surface area contributed by atoms with Crippen LogP contribution in [0.25, 0.3) is 0 Å². The lowest BCUT2D eigenvalue weighted by molar-refractivity contribution is 0.251. The number of hydrogen-bond donors (Lipinski definition) is 3. The number of anilines is 2. The van der Waals surface area contributed by atoms with Gasteiger partial charge in [0.15, 0.2) is 0 Å². The number of nitrogens with one attached hydrogen (secondary N) is 3. The molecular weight excluding hydrogens is 332 g/mol. The third kappa shape index (κ3) is 4.44. The van der Waals surface area contributed by atoms with Crippen LogP contribution >= 0.6 is 0 Å². The lowest BCUT2D eigenvalue weighted by Crippen LogP contribution is -2.31. The monoisotopic (exact) mass is 354 g/mol. The topological polar surface area (TPSA) is 82.7 Å². The van der Waals surface area contributed by atoms with Crippen molar-refractivity contribution in [3.05, 3.63) is 54.1 Å². The molecule has 1 aliphatic heterocycles. The number of hydrogen-bond acceptors (Lipinski definition) is 3. The van der Waals surface area contributed by atoms with E-state index < -0.39 is 0 Å². The van der Waals surface area contributed by atoms with Crippen LogP contribution in [0.4, 0.5) is 21.0 Å². The normalized spacial score (nSPS) is 13.3. The summed E-state index contributed by atoms with van der Waals surface area (Å²) in [5.41, 5.74) is 2.52. The highest BCUT2D eigenvalue weighted by atomic mass is 16.5. The van der Waals surface area contributed by atoms with E-state index in [0.717, 1.165) is 23.4 Å². The third-order valence-corrected chi connectivity index (χ3v) is 4.13. The lowest BCUT2D eigenvalue weighted by Gasteiger charge is -2.15. The van der Waals surface area contributed by atoms with Crippen molar-refractivity contribution in [2.75, 3.05) is 37.0 Å². The molecule has 1 fully saturated rings. The van der Waals surface area contributed by atoms with Gasteiger partial charge in [-0.15, -0.1) is 0 Å². The predicted octanol–water partition coefficient (Wildman–Crippen LogP) is 2.59. The summed E-state index contributed by atoms with van der Waals surface area (Å²) in [7, 11) is 1.63. The fourth-order valence-electron chi connectivity index (χ4n) is 2.76. The van der Waals surface area contributed by atoms with E-state index in [0.29, 0.717) is 25.3 Å². The Balaban J connectivity index is 1.49. The van der Waals surface area contributed by atoms with Crippen LogP contribution in [0.15, 0.2) is 48.5 Å². The Morgan fingerprint density at radius 1 is 1.23 bits per heavy atom. The molecule has 1 aliphatic rings. The number of carbonyl (C=O) groups is 2. The van der Waals surface area contributed by atoms with Crippen molar-refractivity contribution in [1.82, 2.24) is 10.6 Å². The van der Waals surface area contributed by atoms with Gasteiger partial charge in [0.1, 0.15) is 5.75 Å². The van der Waals surface area contributed by atoms with Crippen LogP contribution in [0.3, 0.4) is 0 Å². The van der Waals surface area contributed by atoms with E-state index >= 15 is 0 Å². The van der Waals surface area contributed by atoms with Gasteiger partial charge in [-0.25, -0.2) is 9.59 Å². The number of methoxy groups -OCH3 is 1. The quantitative estimate of drug-likeness (QED) is 0.746. The largest absolute Gasteiger partial charge is 0.497 e. The Hall–Kier alpha value is -3.22. The van der Waals surface area contributed by atoms with Crippen LogP contribution in [0.5, 0.6) is 5.75 Å². The molecule has 0 aliphatic carbocycles. The molecule has 7 heteroatoms. The van der Waals surface area contributed by atoms with E-state index in [4.69, 9.17) is 4.74 Å². The van der Waals surface area contributed by atoms with Crippen LogP contribution in [-0.2, 0) is 6.42 Å². The number of amides is 4. The van der Waals surface area contributed by atoms with Crippen molar-refractivity contribution < 1.29 is 14.3 Å². The molecule has 0 aromatic heterocycles. The van der Waals surface area contributed by atoms with Gasteiger partial charge in [0.25, 0.3) is 0 Å². The van der Waals surface area contributed by atoms with Crippen molar-refractivity contribution >= 4 is 23.4 Å². The molecule has 2 aromatic rings. The van der Waals surface area contributed by atoms with E-state index in [1.165, 1.54) is 0 Å². The minimum atomic E-state index is -0.276. The van der Waals surface area contributed by atoms with Crippen LogP contribution in [0, 0.1) is 0 Å². The first-order chi connectivity index (χ1) is 12.7. The fraction of sp³-hybridized carbons (Fsp3) is 0.263. The maximum atomic E-state index is 12.1. The van der Waals surface area contributed by atoms with Crippen molar-refractivity contribution in [3.8, 4) is 5.75 Å². The SMILES string of the molecule is COc1ccc(CCNC(=O)Nc2cccc(N3CCNC3=O)c2)cc1. The number of ether oxygens (including phenoxy) is 1. The maximum absolute atomic E-state index is 12.1. The molecule has 3 N–H and O–H groups in total. The Kier molecular flexibility index (Phi) is 5.58. The molecule has 0 bridgehead atoms. The summed E-state index contributed by atoms with van der Waals surface area (Å²) in [6, 6.07) is 14.6. The van der Waals surface area contributed by atoms with Crippen molar-refractivity contribution in [1.29, 1.82) is 0 Å². The number of nitrogens with zero attached hydrogens (tertiary/aromatic N) is 1. The zero-order valence-electron chi connectivity index (χ0n) is 14.6. The van der Waals surface area contributed by atoms with Crippen molar-refractivity contribution in [2.24, 2.45) is 0 Å². The summed E-state index contributed by atoms with van der Waals surface area (Å²) in [4.78, 5) is 25.4. The molecule has 26 heavy (non-hydrogen) atoms. The molecule has 0 radical (unpaired) electrons. The molecule has 136 valence electrons. The predicted molar refractivity (Wildman–Crippen MR) is 101 cm³/mol. The summed E-state index contributed by atoms with van der Waals surface area (Å²) in [5.74, 6) is 0.811. The number of rotatable bonds is 6. The van der Waals surface area contributed by atoms with Gasteiger partial charge in [0.2, 0.25) is 0 Å². The Morgan fingerprint density at radius 3 is 2.73 bits per heavy atom. The third-order valence-electron chi connectivity index (χ3n) is 4.13. The molecule has 0 atom stereocenters. The van der Waals surface area contributed by atoms with E-state index in [1.54, 1.807) is 24.1 Å². The van der Waals surface area contributed by atoms with Gasteiger partial charge < -0.3 is 20.7 Å². The first kappa shape index (κ1) is 17.6. The molecule has 1 heterocycles. The second kappa shape index (κ2) is 8.24. The molecule has 0 saturated carbocycles. The van der Waals surface area contributed by atoms with Gasteiger partial charge in [-0.3, -0.25) is 4.90 Å². The maximum Gasteiger partial charge on any atom is 0.321 e. The molecule has 0 spiro atoms. The molecule has 0 unspecified atom stereocenters. The number of benzene rings is 2. The second-order valence-electron chi connectivity index (χ2n) is 5.91. The van der Waals surface area contributed by atoms with Crippen LogP contribution < -0.4 is 25.6 Å². The minimum absolute atomic E-state index is 0.119. The number of urea groups is 2. The number of carbonyl (C=O) groups excluding carboxylic acids is 2. The first-order valence-electron chi connectivity index (χ1n) is 8.49. The average Bonchev–Trinajstić information content (AvgIpc) is 3.08. The summed E-state index contributed by atoms with van der Waals surface area (Å²) < 4.78 is 5.12. The highest BCUT2D eigenvalue weighted by Gasteiger charge is 2.21. The minimum Gasteiger partial charge on any atom is -0.497 e. The van der Waals surface area contributed by atoms with Crippen LogP contribution in [0.1, 0.15) is 5.56 Å². The molecular formula is C19H22N4O3. The summed E-state index contributed by atoms with van der Waals surface area (Å²) in [6.45, 7) is 1.77. The van der Waals surface area contributed by atoms with Crippen molar-refractivity contribution in [3.63, 3.8) is 0 Å². The first-order valence-corrected chi connectivity index (χ1v) is 8.49. The Labute approximate surface area is 152 Å². The smallest absolute Gasteiger partial charge is 0.321 e. The Morgan fingerprint density at radius 2 is 2.04 bits per heavy atom. The van der Waals surface area contributed by atoms with Gasteiger partial charge >= 0.3 is 12.1 Å². The zero-order chi connectivity index (χ0) is 18.4. The molecule has 2 aromatic carbocycles. The second-order valence-corrected chi connectivity index (χ2v) is 5.91. The van der Waals surface area contributed by atoms with Gasteiger partial charge in [0, 0.05) is 31.0 Å². The fourth-order valence-corrected chi connectivity index (χ4v) is 2.76. The van der Waals surface area contributed by atoms with E-state index in [2.05, 4.69) is 16.0 Å². The molecule has 3 rings (SSSR count). The van der Waals surface area contributed by atoms with E-state index in [-0.39, 0.29) is 12.1 Å². The van der Waals surface area contributed by atoms with Gasteiger partial charge in [-0.1, -0.05) is 18.2 Å². The van der Waals surface area contributed by atoms with Gasteiger partial charge in [0.05, 0.1) is 7.11 Å². The zero-order valence-corrected chi connectivity index (χ0v) is 14.6. The highest BCUT2D eigenvalue weighted by Crippen LogP contribution is 2.20. The summed E-state index contributed by atoms with van der Waals surface area (Å²) >= 11 is 0. The summed E-state index contributed by atoms with van der Waals surface area (Å²) in [6.07, 6.45) is 0.728. The molecule has 4 amide bonds. The summed E-state index contributed by atoms with van der Waals surface area (Å²) in [5, 5.41) is 8.39. The molecule has 7 nitrogen and oxygen atoms in total. The van der Waals surface area contributed by atoms with E-state index in [1.807, 2.05) is 36.4 Å². The van der Waals surface area contributed by atoms with Crippen molar-refractivity contribution in [2.45, 2.75) is 6.42 Å².